The van der Waals surface area contributed by atoms with E-state index in [1.165, 1.54) is 24.5 Å². The van der Waals surface area contributed by atoms with Gasteiger partial charge in [0.25, 0.3) is 5.91 Å². The monoisotopic (exact) mass is 521 g/mol. The van der Waals surface area contributed by atoms with Crippen LogP contribution in [0.25, 0.3) is 16.7 Å². The molecule has 7 rings (SSSR count). The summed E-state index contributed by atoms with van der Waals surface area (Å²) in [7, 11) is 1.86. The van der Waals surface area contributed by atoms with Crippen LogP contribution in [-0.2, 0) is 24.7 Å². The van der Waals surface area contributed by atoms with Gasteiger partial charge in [0, 0.05) is 51.3 Å². The van der Waals surface area contributed by atoms with Crippen molar-refractivity contribution in [1.82, 2.24) is 34.3 Å². The molecule has 5 heterocycles. The summed E-state index contributed by atoms with van der Waals surface area (Å²) < 4.78 is 3.82. The number of fused-ring (bicyclic) bond motifs is 1. The normalized spacial score (nSPS) is 18.7. The smallest absolute Gasteiger partial charge is 0.256 e. The van der Waals surface area contributed by atoms with Crippen molar-refractivity contribution in [2.24, 2.45) is 7.05 Å². The summed E-state index contributed by atoms with van der Waals surface area (Å²) in [5.41, 5.74) is 8.56. The predicted octanol–water partition coefficient (Wildman–Crippen LogP) is 3.65. The first-order valence-corrected chi connectivity index (χ1v) is 13.7. The first-order valence-electron chi connectivity index (χ1n) is 13.7. The van der Waals surface area contributed by atoms with Crippen LogP contribution in [0.3, 0.4) is 0 Å². The van der Waals surface area contributed by atoms with Gasteiger partial charge in [0.05, 0.1) is 39.9 Å². The molecule has 198 valence electrons. The average Bonchev–Trinajstić information content (AvgIpc) is 3.72. The molecule has 0 bridgehead atoms. The quantitative estimate of drug-likeness (QED) is 0.383. The summed E-state index contributed by atoms with van der Waals surface area (Å²) in [4.78, 5) is 35.0. The lowest BCUT2D eigenvalue weighted by Crippen LogP contribution is -2.45. The Balaban J connectivity index is 1.29. The van der Waals surface area contributed by atoms with Crippen LogP contribution in [0.1, 0.15) is 63.4 Å². The first-order chi connectivity index (χ1) is 18.9. The van der Waals surface area contributed by atoms with E-state index in [0.717, 1.165) is 39.4 Å². The Morgan fingerprint density at radius 1 is 1.08 bits per heavy atom. The Labute approximate surface area is 226 Å². The van der Waals surface area contributed by atoms with Crippen LogP contribution in [0, 0.1) is 6.92 Å². The number of amides is 2. The lowest BCUT2D eigenvalue weighted by molar-refractivity contribution is -0.126. The molecular weight excluding hydrogens is 490 g/mol. The molecule has 9 nitrogen and oxygen atoms in total. The lowest BCUT2D eigenvalue weighted by Gasteiger charge is -2.37. The van der Waals surface area contributed by atoms with Gasteiger partial charge in [0.1, 0.15) is 5.52 Å². The minimum Gasteiger partial charge on any atom is -0.336 e. The minimum absolute atomic E-state index is 0.0979. The van der Waals surface area contributed by atoms with Crippen molar-refractivity contribution in [3.05, 3.63) is 83.0 Å². The third kappa shape index (κ3) is 3.87. The summed E-state index contributed by atoms with van der Waals surface area (Å²) in [6.45, 7) is 7.08. The maximum Gasteiger partial charge on any atom is 0.256 e. The molecule has 0 radical (unpaired) electrons. The van der Waals surface area contributed by atoms with E-state index in [1.807, 2.05) is 24.9 Å². The topological polar surface area (TPSA) is 89.2 Å². The zero-order chi connectivity index (χ0) is 26.8. The molecule has 0 saturated heterocycles. The van der Waals surface area contributed by atoms with Gasteiger partial charge in [-0.15, -0.1) is 0 Å². The fourth-order valence-corrected chi connectivity index (χ4v) is 6.27. The summed E-state index contributed by atoms with van der Waals surface area (Å²) in [6, 6.07) is 10.3. The molecule has 39 heavy (non-hydrogen) atoms. The van der Waals surface area contributed by atoms with Gasteiger partial charge in [0.15, 0.2) is 0 Å². The predicted molar refractivity (Wildman–Crippen MR) is 147 cm³/mol. The molecule has 9 heteroatoms. The van der Waals surface area contributed by atoms with Crippen molar-refractivity contribution in [1.29, 1.82) is 0 Å². The van der Waals surface area contributed by atoms with Gasteiger partial charge in [-0.05, 0) is 55.5 Å². The Morgan fingerprint density at radius 3 is 2.62 bits per heavy atom. The molecule has 1 aromatic carbocycles. The highest BCUT2D eigenvalue weighted by Gasteiger charge is 2.40. The van der Waals surface area contributed by atoms with E-state index >= 15 is 0 Å². The first kappa shape index (κ1) is 23.8. The van der Waals surface area contributed by atoms with Crippen molar-refractivity contribution in [3.8, 4) is 5.69 Å². The van der Waals surface area contributed by atoms with Crippen molar-refractivity contribution < 1.29 is 9.59 Å². The molecule has 3 aliphatic rings. The van der Waals surface area contributed by atoms with E-state index in [-0.39, 0.29) is 17.9 Å². The molecule has 1 aliphatic carbocycles. The van der Waals surface area contributed by atoms with Crippen molar-refractivity contribution in [2.45, 2.75) is 44.6 Å². The molecule has 3 aromatic heterocycles. The van der Waals surface area contributed by atoms with Crippen LogP contribution in [0.4, 0.5) is 0 Å². The molecular formula is C30H31N7O2. The van der Waals surface area contributed by atoms with Gasteiger partial charge in [-0.1, -0.05) is 18.7 Å². The number of nitrogens with zero attached hydrogens (tertiary/aromatic N) is 7. The van der Waals surface area contributed by atoms with E-state index in [4.69, 9.17) is 5.10 Å². The fraction of sp³-hybridized carbons (Fsp3) is 0.367. The molecule has 1 saturated carbocycles. The third-order valence-electron chi connectivity index (χ3n) is 8.45. The van der Waals surface area contributed by atoms with Gasteiger partial charge in [0.2, 0.25) is 5.91 Å². The summed E-state index contributed by atoms with van der Waals surface area (Å²) in [6.07, 6.45) is 6.86. The average molecular weight is 522 g/mol. The van der Waals surface area contributed by atoms with Gasteiger partial charge in [-0.2, -0.15) is 10.2 Å². The fourth-order valence-electron chi connectivity index (χ4n) is 6.27. The highest BCUT2D eigenvalue weighted by atomic mass is 16.2. The number of carbonyl (C=O) groups is 2. The van der Waals surface area contributed by atoms with Crippen LogP contribution >= 0.6 is 0 Å². The summed E-state index contributed by atoms with van der Waals surface area (Å²) in [5.74, 6) is 0.476. The van der Waals surface area contributed by atoms with Crippen molar-refractivity contribution >= 4 is 22.8 Å². The summed E-state index contributed by atoms with van der Waals surface area (Å²) >= 11 is 0. The van der Waals surface area contributed by atoms with Crippen molar-refractivity contribution in [3.63, 3.8) is 0 Å². The molecule has 4 aromatic rings. The highest BCUT2D eigenvalue weighted by Crippen LogP contribution is 2.41. The molecule has 1 atom stereocenters. The minimum atomic E-state index is -0.300. The van der Waals surface area contributed by atoms with E-state index < -0.39 is 0 Å². The Hall–Kier alpha value is -4.27. The molecule has 0 spiro atoms. The van der Waals surface area contributed by atoms with Crippen LogP contribution in [-0.4, -0.2) is 65.8 Å². The highest BCUT2D eigenvalue weighted by molar-refractivity contribution is 5.97. The van der Waals surface area contributed by atoms with E-state index in [9.17, 15) is 9.59 Å². The van der Waals surface area contributed by atoms with Crippen molar-refractivity contribution in [2.75, 3.05) is 19.6 Å². The zero-order valence-corrected chi connectivity index (χ0v) is 22.3. The Bertz CT molecular complexity index is 1640. The van der Waals surface area contributed by atoms with Crippen LogP contribution in [0.15, 0.2) is 49.2 Å². The number of benzene rings is 1. The number of hydrogen-bond acceptors (Lipinski definition) is 5. The molecule has 0 N–H and O–H groups in total. The Morgan fingerprint density at radius 2 is 1.87 bits per heavy atom. The number of pyridine rings is 1. The van der Waals surface area contributed by atoms with E-state index in [0.29, 0.717) is 44.0 Å². The van der Waals surface area contributed by atoms with E-state index in [1.54, 1.807) is 15.8 Å². The largest absolute Gasteiger partial charge is 0.336 e. The molecule has 0 unspecified atom stereocenters. The van der Waals surface area contributed by atoms with Crippen LogP contribution in [0.5, 0.6) is 0 Å². The SMILES string of the molecule is C=CC(=O)N1CCc2nn(-c3ccc(C4CC4)cc3)c3c2[C@H](C1)N(C(=O)c1cnc2c(C)nn(C)c2c1)CC3. The molecule has 2 aliphatic heterocycles. The van der Waals surface area contributed by atoms with Crippen LogP contribution < -0.4 is 0 Å². The summed E-state index contributed by atoms with van der Waals surface area (Å²) in [5, 5.41) is 9.52. The number of aryl methyl sites for hydroxylation is 2. The number of rotatable bonds is 4. The van der Waals surface area contributed by atoms with Crippen LogP contribution in [0.2, 0.25) is 0 Å². The van der Waals surface area contributed by atoms with Gasteiger partial charge < -0.3 is 9.80 Å². The second-order valence-electron chi connectivity index (χ2n) is 10.9. The number of aromatic nitrogens is 5. The van der Waals surface area contributed by atoms with E-state index in [2.05, 4.69) is 45.6 Å². The maximum absolute atomic E-state index is 14.0. The number of carbonyl (C=O) groups excluding carboxylic acids is 2. The standard InChI is InChI=1S/C30H31N7O2/c1-4-27(38)35-13-11-23-28-24(37(33-23)22-9-7-20(8-10-22)19-5-6-19)12-14-36(26(28)17-35)30(39)21-15-25-29(31-16-21)18(2)32-34(25)3/h4,7-10,15-16,19,26H,1,5-6,11-14,17H2,2-3H3/t26-/m0/s1. The lowest BCUT2D eigenvalue weighted by atomic mass is 9.95. The van der Waals surface area contributed by atoms with Gasteiger partial charge in [-0.3, -0.25) is 19.3 Å². The van der Waals surface area contributed by atoms with Gasteiger partial charge in [-0.25, -0.2) is 4.68 Å². The maximum atomic E-state index is 14.0. The number of hydrogen-bond donors (Lipinski definition) is 0. The second-order valence-corrected chi connectivity index (χ2v) is 10.9. The Kier molecular flexibility index (Phi) is 5.43. The third-order valence-corrected chi connectivity index (χ3v) is 8.45. The second kappa shape index (κ2) is 8.90. The zero-order valence-electron chi connectivity index (χ0n) is 22.3. The molecule has 2 amide bonds. The molecule has 1 fully saturated rings. The van der Waals surface area contributed by atoms with Gasteiger partial charge >= 0.3 is 0 Å².